The van der Waals surface area contributed by atoms with Gasteiger partial charge in [0.2, 0.25) is 0 Å². The molecular weight excluding hydrogens is 340 g/mol. The van der Waals surface area contributed by atoms with Crippen molar-refractivity contribution in [2.24, 2.45) is 0 Å². The summed E-state index contributed by atoms with van der Waals surface area (Å²) >= 11 is 0. The summed E-state index contributed by atoms with van der Waals surface area (Å²) in [7, 11) is 0. The Hall–Kier alpha value is -1.77. The van der Waals surface area contributed by atoms with Crippen LogP contribution in [0.4, 0.5) is 26.3 Å². The van der Waals surface area contributed by atoms with Gasteiger partial charge in [-0.3, -0.25) is 0 Å². The second kappa shape index (κ2) is 7.00. The largest absolute Gasteiger partial charge is 0.490 e. The van der Waals surface area contributed by atoms with E-state index in [0.29, 0.717) is 11.5 Å². The molecule has 2 rings (SSSR count). The zero-order valence-corrected chi connectivity index (χ0v) is 12.9. The van der Waals surface area contributed by atoms with Crippen molar-refractivity contribution in [3.8, 4) is 0 Å². The quantitative estimate of drug-likeness (QED) is 0.791. The average Bonchev–Trinajstić information content (AvgIpc) is 2.35. The number of carboxylic acid groups (broad SMARTS) is 1. The van der Waals surface area contributed by atoms with Gasteiger partial charge in [0.1, 0.15) is 0 Å². The highest BCUT2D eigenvalue weighted by atomic mass is 19.4. The molecule has 136 valence electrons. The van der Waals surface area contributed by atoms with Crippen LogP contribution in [-0.4, -0.2) is 36.5 Å². The molecule has 0 amide bonds. The summed E-state index contributed by atoms with van der Waals surface area (Å²) in [5.41, 5.74) is -0.352. The number of carboxylic acids is 1. The maximum Gasteiger partial charge on any atom is 0.490 e. The van der Waals surface area contributed by atoms with Crippen LogP contribution in [0.1, 0.15) is 30.9 Å². The zero-order valence-electron chi connectivity index (χ0n) is 12.9. The second-order valence-electron chi connectivity index (χ2n) is 5.90. The van der Waals surface area contributed by atoms with E-state index in [9.17, 15) is 26.3 Å². The van der Waals surface area contributed by atoms with Gasteiger partial charge in [-0.1, -0.05) is 24.3 Å². The van der Waals surface area contributed by atoms with Crippen LogP contribution in [0.5, 0.6) is 0 Å². The predicted molar refractivity (Wildman–Crippen MR) is 74.8 cm³/mol. The maximum atomic E-state index is 12.8. The average molecular weight is 357 g/mol. The number of carbonyl (C=O) groups is 1. The molecule has 0 aliphatic carbocycles. The summed E-state index contributed by atoms with van der Waals surface area (Å²) in [4.78, 5) is 8.90. The third-order valence-electron chi connectivity index (χ3n) is 3.84. The van der Waals surface area contributed by atoms with Gasteiger partial charge in [0.15, 0.2) is 0 Å². The first-order valence-electron chi connectivity index (χ1n) is 6.95. The van der Waals surface area contributed by atoms with Gasteiger partial charge in [0, 0.05) is 19.0 Å². The highest BCUT2D eigenvalue weighted by Gasteiger charge is 2.48. The Morgan fingerprint density at radius 2 is 1.46 bits per heavy atom. The molecule has 0 radical (unpaired) electrons. The van der Waals surface area contributed by atoms with Crippen molar-refractivity contribution in [2.45, 2.75) is 37.5 Å². The van der Waals surface area contributed by atoms with Gasteiger partial charge in [-0.25, -0.2) is 4.79 Å². The molecule has 1 aromatic carbocycles. The third kappa shape index (κ3) is 4.86. The van der Waals surface area contributed by atoms with Gasteiger partial charge in [-0.15, -0.1) is 0 Å². The number of aliphatic carboxylic acids is 1. The number of alkyl halides is 6. The van der Waals surface area contributed by atoms with Crippen molar-refractivity contribution in [3.63, 3.8) is 0 Å². The van der Waals surface area contributed by atoms with Crippen molar-refractivity contribution in [1.82, 2.24) is 5.32 Å². The molecule has 24 heavy (non-hydrogen) atoms. The Balaban J connectivity index is 0.000000351. The van der Waals surface area contributed by atoms with Crippen molar-refractivity contribution in [3.05, 3.63) is 35.4 Å². The predicted octanol–water partition coefficient (Wildman–Crippen LogP) is 3.85. The summed E-state index contributed by atoms with van der Waals surface area (Å²) in [6.45, 7) is 4.27. The van der Waals surface area contributed by atoms with Gasteiger partial charge >= 0.3 is 18.3 Å². The van der Waals surface area contributed by atoms with E-state index in [1.54, 1.807) is 12.1 Å². The molecule has 0 aromatic heterocycles. The molecule has 0 unspecified atom stereocenters. The van der Waals surface area contributed by atoms with E-state index >= 15 is 0 Å². The lowest BCUT2D eigenvalue weighted by Crippen LogP contribution is -2.40. The summed E-state index contributed by atoms with van der Waals surface area (Å²) in [6.07, 6.45) is -9.30. The standard InChI is InChI=1S/C13H16F3N.C2HF3O2/c1-12(2,13(14,15)16)11-5-3-9(4-6-11)10-7-17-8-10;3-2(4,5)1(6)7/h3-6,10,17H,7-8H2,1-2H3;(H,6,7). The normalized spacial score (nSPS) is 16.0. The fraction of sp³-hybridized carbons (Fsp3) is 0.533. The fourth-order valence-corrected chi connectivity index (χ4v) is 1.86. The van der Waals surface area contributed by atoms with Crippen molar-refractivity contribution >= 4 is 5.97 Å². The van der Waals surface area contributed by atoms with E-state index in [4.69, 9.17) is 9.90 Å². The Kier molecular flexibility index (Phi) is 5.91. The van der Waals surface area contributed by atoms with Crippen LogP contribution in [0.25, 0.3) is 0 Å². The van der Waals surface area contributed by atoms with Gasteiger partial charge < -0.3 is 10.4 Å². The molecule has 1 heterocycles. The molecule has 1 aliphatic rings. The minimum absolute atomic E-state index is 0.320. The molecule has 0 atom stereocenters. The fourth-order valence-electron chi connectivity index (χ4n) is 1.86. The molecule has 9 heteroatoms. The summed E-state index contributed by atoms with van der Waals surface area (Å²) < 4.78 is 70.3. The number of benzene rings is 1. The highest BCUT2D eigenvalue weighted by Crippen LogP contribution is 2.40. The van der Waals surface area contributed by atoms with E-state index in [2.05, 4.69) is 5.32 Å². The lowest BCUT2D eigenvalue weighted by atomic mass is 9.82. The van der Waals surface area contributed by atoms with Crippen LogP contribution in [0, 0.1) is 0 Å². The smallest absolute Gasteiger partial charge is 0.475 e. The molecule has 0 saturated carbocycles. The van der Waals surface area contributed by atoms with E-state index in [0.717, 1.165) is 18.7 Å². The first-order chi connectivity index (χ1) is 10.8. The lowest BCUT2D eigenvalue weighted by Gasteiger charge is -2.30. The topological polar surface area (TPSA) is 49.3 Å². The molecule has 0 bridgehead atoms. The molecule has 1 aromatic rings. The van der Waals surface area contributed by atoms with Gasteiger partial charge in [-0.05, 0) is 25.0 Å². The van der Waals surface area contributed by atoms with E-state index in [1.807, 2.05) is 12.1 Å². The van der Waals surface area contributed by atoms with Crippen molar-refractivity contribution in [1.29, 1.82) is 0 Å². The highest BCUT2D eigenvalue weighted by molar-refractivity contribution is 5.73. The van der Waals surface area contributed by atoms with Crippen LogP contribution < -0.4 is 5.32 Å². The number of halogens is 6. The summed E-state index contributed by atoms with van der Waals surface area (Å²) in [6, 6.07) is 6.82. The van der Waals surface area contributed by atoms with Crippen LogP contribution in [0.3, 0.4) is 0 Å². The first-order valence-corrected chi connectivity index (χ1v) is 6.95. The van der Waals surface area contributed by atoms with Crippen LogP contribution in [0.15, 0.2) is 24.3 Å². The van der Waals surface area contributed by atoms with E-state index in [1.165, 1.54) is 13.8 Å². The Morgan fingerprint density at radius 3 is 1.71 bits per heavy atom. The van der Waals surface area contributed by atoms with Crippen LogP contribution in [-0.2, 0) is 10.2 Å². The first kappa shape index (κ1) is 20.3. The number of hydrogen-bond donors (Lipinski definition) is 2. The van der Waals surface area contributed by atoms with E-state index < -0.39 is 23.7 Å². The monoisotopic (exact) mass is 357 g/mol. The molecule has 1 saturated heterocycles. The number of nitrogens with one attached hydrogen (secondary N) is 1. The van der Waals surface area contributed by atoms with Gasteiger partial charge in [0.05, 0.1) is 5.41 Å². The summed E-state index contributed by atoms with van der Waals surface area (Å²) in [5, 5.41) is 10.3. The second-order valence-corrected chi connectivity index (χ2v) is 5.90. The molecule has 1 fully saturated rings. The lowest BCUT2D eigenvalue weighted by molar-refractivity contribution is -0.192. The van der Waals surface area contributed by atoms with Crippen LogP contribution in [0.2, 0.25) is 0 Å². The maximum absolute atomic E-state index is 12.8. The van der Waals surface area contributed by atoms with Crippen LogP contribution >= 0.6 is 0 Å². The number of rotatable bonds is 2. The molecule has 0 spiro atoms. The SMILES string of the molecule is CC(C)(c1ccc(C2CNC2)cc1)C(F)(F)F.O=C(O)C(F)(F)F. The summed E-state index contributed by atoms with van der Waals surface area (Å²) in [5.74, 6) is -2.30. The molecule has 1 aliphatic heterocycles. The minimum Gasteiger partial charge on any atom is -0.475 e. The minimum atomic E-state index is -5.08. The Morgan fingerprint density at radius 1 is 1.04 bits per heavy atom. The van der Waals surface area contributed by atoms with Crippen molar-refractivity contribution in [2.75, 3.05) is 13.1 Å². The number of hydrogen-bond acceptors (Lipinski definition) is 2. The molecule has 3 nitrogen and oxygen atoms in total. The Bertz CT molecular complexity index is 559. The third-order valence-corrected chi connectivity index (χ3v) is 3.84. The zero-order chi connectivity index (χ0) is 18.8. The molecular formula is C15H17F6NO2. The van der Waals surface area contributed by atoms with Crippen molar-refractivity contribution < 1.29 is 36.2 Å². The van der Waals surface area contributed by atoms with Gasteiger partial charge in [0.25, 0.3) is 0 Å². The van der Waals surface area contributed by atoms with Gasteiger partial charge in [-0.2, -0.15) is 26.3 Å². The Labute approximate surface area is 134 Å². The van der Waals surface area contributed by atoms with E-state index in [-0.39, 0.29) is 0 Å². The molecule has 2 N–H and O–H groups in total.